The number of likely N-dealkylation sites (N-methyl/N-ethyl adjacent to an activating group) is 1. The average molecular weight is 611 g/mol. The highest BCUT2D eigenvalue weighted by molar-refractivity contribution is 6.45. The fourth-order valence-electron chi connectivity index (χ4n) is 4.72. The third kappa shape index (κ3) is 6.06. The van der Waals surface area contributed by atoms with Crippen molar-refractivity contribution >= 4 is 63.5 Å². The average Bonchev–Trinajstić information content (AvgIpc) is 3.18. The summed E-state index contributed by atoms with van der Waals surface area (Å²) in [6.45, 7) is 3.99. The Kier molecular flexibility index (Phi) is 9.92. The van der Waals surface area contributed by atoms with Crippen molar-refractivity contribution in [2.24, 2.45) is 0 Å². The largest absolute Gasteiger partial charge is 0.493 e. The minimum Gasteiger partial charge on any atom is -0.493 e. The minimum atomic E-state index is -0.190. The van der Waals surface area contributed by atoms with Gasteiger partial charge in [0.1, 0.15) is 22.4 Å². The Morgan fingerprint density at radius 2 is 1.88 bits per heavy atom. The van der Waals surface area contributed by atoms with Crippen molar-refractivity contribution in [3.8, 4) is 11.5 Å². The van der Waals surface area contributed by atoms with E-state index in [9.17, 15) is 9.59 Å². The summed E-state index contributed by atoms with van der Waals surface area (Å²) in [5, 5.41) is 1.50. The molecule has 40 heavy (non-hydrogen) atoms. The van der Waals surface area contributed by atoms with Gasteiger partial charge in [0.2, 0.25) is 5.91 Å². The number of urea groups is 1. The van der Waals surface area contributed by atoms with E-state index < -0.39 is 0 Å². The Balaban J connectivity index is 1.61. The quantitative estimate of drug-likeness (QED) is 0.232. The Morgan fingerprint density at radius 3 is 2.58 bits per heavy atom. The lowest BCUT2D eigenvalue weighted by Crippen LogP contribution is -2.49. The molecule has 0 N–H and O–H groups in total. The Morgan fingerprint density at radius 1 is 1.10 bits per heavy atom. The van der Waals surface area contributed by atoms with Crippen LogP contribution in [-0.4, -0.2) is 72.2 Å². The van der Waals surface area contributed by atoms with Gasteiger partial charge in [-0.2, -0.15) is 0 Å². The first-order valence-corrected chi connectivity index (χ1v) is 14.4. The van der Waals surface area contributed by atoms with E-state index >= 15 is 0 Å². The van der Waals surface area contributed by atoms with E-state index in [1.807, 2.05) is 6.07 Å². The second-order valence-corrected chi connectivity index (χ2v) is 11.0. The van der Waals surface area contributed by atoms with E-state index in [0.29, 0.717) is 58.0 Å². The van der Waals surface area contributed by atoms with Gasteiger partial charge in [-0.05, 0) is 36.6 Å². The molecule has 3 heterocycles. The first-order valence-electron chi connectivity index (χ1n) is 13.3. The molecule has 1 aromatic carbocycles. The first-order chi connectivity index (χ1) is 19.2. The van der Waals surface area contributed by atoms with Crippen molar-refractivity contribution in [3.05, 3.63) is 45.2 Å². The van der Waals surface area contributed by atoms with Gasteiger partial charge in [0.25, 0.3) is 0 Å². The molecule has 0 saturated carbocycles. The maximum atomic E-state index is 13.8. The third-order valence-corrected chi connectivity index (χ3v) is 8.14. The molecule has 4 rings (SSSR count). The Labute approximate surface area is 249 Å². The first kappa shape index (κ1) is 30.1. The van der Waals surface area contributed by atoms with Crippen LogP contribution in [0.1, 0.15) is 38.2 Å². The zero-order valence-corrected chi connectivity index (χ0v) is 25.4. The molecule has 0 radical (unpaired) electrons. The number of methoxy groups -OCH3 is 1. The monoisotopic (exact) mass is 609 g/mol. The second-order valence-electron chi connectivity index (χ2n) is 9.84. The molecule has 1 saturated heterocycles. The summed E-state index contributed by atoms with van der Waals surface area (Å²) in [7, 11) is 4.91. The number of unbranched alkanes of at least 4 members (excludes halogenated alkanes) is 2. The highest BCUT2D eigenvalue weighted by Gasteiger charge is 2.31. The number of fused-ring (bicyclic) bond motifs is 1. The van der Waals surface area contributed by atoms with Gasteiger partial charge in [-0.25, -0.2) is 9.78 Å². The Bertz CT molecular complexity index is 1390. The number of amides is 3. The molecule has 1 fully saturated rings. The zero-order valence-electron chi connectivity index (χ0n) is 23.2. The van der Waals surface area contributed by atoms with Gasteiger partial charge in [0.05, 0.1) is 24.4 Å². The van der Waals surface area contributed by atoms with Crippen LogP contribution in [-0.2, 0) is 17.9 Å². The standard InChI is InChI=1S/C28H34Cl3N5O4/c1-5-6-7-15-40-25-20(39-4)10-9-19(23(25)29)35-14-8-13-34(28(35)38)16-18-11-12-32-27-22(18)24(30)26(31)36(27)17-21(37)33(2)3/h9-12H,5-8,13-17H2,1-4H3. The van der Waals surface area contributed by atoms with Crippen LogP contribution < -0.4 is 14.4 Å². The van der Waals surface area contributed by atoms with E-state index in [1.165, 1.54) is 4.90 Å². The van der Waals surface area contributed by atoms with Crippen LogP contribution in [0.25, 0.3) is 11.0 Å². The second kappa shape index (κ2) is 13.2. The summed E-state index contributed by atoms with van der Waals surface area (Å²) in [5.74, 6) is 0.817. The van der Waals surface area contributed by atoms with Gasteiger partial charge in [-0.1, -0.05) is 54.6 Å². The van der Waals surface area contributed by atoms with Crippen LogP contribution in [0.5, 0.6) is 11.5 Å². The highest BCUT2D eigenvalue weighted by Crippen LogP contribution is 2.43. The number of hydrogen-bond acceptors (Lipinski definition) is 5. The molecule has 12 heteroatoms. The molecule has 3 amide bonds. The van der Waals surface area contributed by atoms with Gasteiger partial charge < -0.3 is 23.8 Å². The van der Waals surface area contributed by atoms with E-state index in [2.05, 4.69) is 11.9 Å². The number of pyridine rings is 1. The summed E-state index contributed by atoms with van der Waals surface area (Å²) in [5.41, 5.74) is 1.84. The molecular weight excluding hydrogens is 577 g/mol. The van der Waals surface area contributed by atoms with E-state index in [4.69, 9.17) is 44.3 Å². The van der Waals surface area contributed by atoms with Crippen molar-refractivity contribution in [1.82, 2.24) is 19.4 Å². The number of ether oxygens (including phenoxy) is 2. The number of anilines is 1. The van der Waals surface area contributed by atoms with E-state index in [-0.39, 0.29) is 30.2 Å². The molecule has 3 aromatic rings. The number of halogens is 3. The molecular formula is C28H34Cl3N5O4. The van der Waals surface area contributed by atoms with Crippen LogP contribution in [0.4, 0.5) is 10.5 Å². The van der Waals surface area contributed by atoms with Crippen LogP contribution in [0.15, 0.2) is 24.4 Å². The third-order valence-electron chi connectivity index (χ3n) is 6.92. The number of benzene rings is 1. The van der Waals surface area contributed by atoms with Crippen LogP contribution in [0.3, 0.4) is 0 Å². The summed E-state index contributed by atoms with van der Waals surface area (Å²) in [6, 6.07) is 5.18. The summed E-state index contributed by atoms with van der Waals surface area (Å²) >= 11 is 20.0. The zero-order chi connectivity index (χ0) is 29.0. The molecule has 0 bridgehead atoms. The van der Waals surface area contributed by atoms with Crippen molar-refractivity contribution in [2.45, 2.75) is 45.7 Å². The summed E-state index contributed by atoms with van der Waals surface area (Å²) in [6.07, 6.45) is 5.39. The molecule has 0 spiro atoms. The molecule has 216 valence electrons. The molecule has 0 atom stereocenters. The lowest BCUT2D eigenvalue weighted by molar-refractivity contribution is -0.129. The molecule has 1 aliphatic rings. The smallest absolute Gasteiger partial charge is 0.324 e. The Hall–Kier alpha value is -2.88. The number of carbonyl (C=O) groups excluding carboxylic acids is 2. The number of carbonyl (C=O) groups is 2. The molecule has 9 nitrogen and oxygen atoms in total. The van der Waals surface area contributed by atoms with Gasteiger partial charge in [-0.15, -0.1) is 0 Å². The number of rotatable bonds is 11. The van der Waals surface area contributed by atoms with Gasteiger partial charge in [0.15, 0.2) is 11.5 Å². The van der Waals surface area contributed by atoms with Gasteiger partial charge in [-0.3, -0.25) is 9.69 Å². The SMILES string of the molecule is CCCCCOc1c(OC)ccc(N2CCCN(Cc3ccnc4c3c(Cl)c(Cl)n4CC(=O)N(C)C)C2=O)c1Cl. The minimum absolute atomic E-state index is 0.000741. The molecule has 0 aliphatic carbocycles. The lowest BCUT2D eigenvalue weighted by Gasteiger charge is -2.36. The van der Waals surface area contributed by atoms with Gasteiger partial charge in [0, 0.05) is 45.3 Å². The number of aromatic nitrogens is 2. The predicted molar refractivity (Wildman–Crippen MR) is 159 cm³/mol. The van der Waals surface area contributed by atoms with E-state index in [0.717, 1.165) is 31.2 Å². The van der Waals surface area contributed by atoms with Crippen molar-refractivity contribution < 1.29 is 19.1 Å². The fraction of sp³-hybridized carbons (Fsp3) is 0.464. The van der Waals surface area contributed by atoms with Crippen molar-refractivity contribution in [2.75, 3.05) is 45.8 Å². The topological polar surface area (TPSA) is 80.1 Å². The maximum Gasteiger partial charge on any atom is 0.324 e. The number of hydrogen-bond donors (Lipinski definition) is 0. The van der Waals surface area contributed by atoms with Crippen LogP contribution in [0, 0.1) is 0 Å². The van der Waals surface area contributed by atoms with Crippen molar-refractivity contribution in [1.29, 1.82) is 0 Å². The van der Waals surface area contributed by atoms with Crippen LogP contribution >= 0.6 is 34.8 Å². The molecule has 1 aliphatic heterocycles. The summed E-state index contributed by atoms with van der Waals surface area (Å²) < 4.78 is 13.1. The lowest BCUT2D eigenvalue weighted by atomic mass is 10.1. The van der Waals surface area contributed by atoms with Crippen molar-refractivity contribution in [3.63, 3.8) is 0 Å². The maximum absolute atomic E-state index is 13.8. The van der Waals surface area contributed by atoms with Crippen LogP contribution in [0.2, 0.25) is 15.2 Å². The highest BCUT2D eigenvalue weighted by atomic mass is 35.5. The fourth-order valence-corrected chi connectivity index (χ4v) is 5.57. The molecule has 0 unspecified atom stereocenters. The number of nitrogens with zero attached hydrogens (tertiary/aromatic N) is 5. The molecule has 2 aromatic heterocycles. The summed E-state index contributed by atoms with van der Waals surface area (Å²) in [4.78, 5) is 35.5. The predicted octanol–water partition coefficient (Wildman–Crippen LogP) is 6.49. The van der Waals surface area contributed by atoms with E-state index in [1.54, 1.807) is 53.9 Å². The normalized spacial score (nSPS) is 13.7. The van der Waals surface area contributed by atoms with Gasteiger partial charge >= 0.3 is 6.03 Å².